The van der Waals surface area contributed by atoms with E-state index < -0.39 is 0 Å². The number of carbonyl (C=O) groups is 2. The maximum atomic E-state index is 11.7. The van der Waals surface area contributed by atoms with Crippen LogP contribution in [0.4, 0.5) is 5.69 Å². The SMILES string of the molecule is CC(C)(N)CCC(=O)Nc1ccc(CC(N)=O)cc1. The van der Waals surface area contributed by atoms with E-state index in [2.05, 4.69) is 5.32 Å². The fourth-order valence-electron chi connectivity index (χ4n) is 1.57. The van der Waals surface area contributed by atoms with E-state index in [0.717, 1.165) is 5.56 Å². The van der Waals surface area contributed by atoms with Crippen LogP contribution in [0.25, 0.3) is 0 Å². The summed E-state index contributed by atoms with van der Waals surface area (Å²) in [7, 11) is 0. The van der Waals surface area contributed by atoms with Crippen LogP contribution >= 0.6 is 0 Å². The van der Waals surface area contributed by atoms with Crippen molar-refractivity contribution in [2.24, 2.45) is 11.5 Å². The van der Waals surface area contributed by atoms with Crippen molar-refractivity contribution in [1.82, 2.24) is 0 Å². The molecule has 5 heteroatoms. The Kier molecular flexibility index (Phi) is 5.06. The molecule has 0 aromatic heterocycles. The Morgan fingerprint density at radius 3 is 2.26 bits per heavy atom. The predicted molar refractivity (Wildman–Crippen MR) is 75.5 cm³/mol. The minimum Gasteiger partial charge on any atom is -0.369 e. The second kappa shape index (κ2) is 6.33. The largest absolute Gasteiger partial charge is 0.369 e. The van der Waals surface area contributed by atoms with Crippen LogP contribution in [0.15, 0.2) is 24.3 Å². The van der Waals surface area contributed by atoms with Crippen molar-refractivity contribution in [2.45, 2.75) is 38.6 Å². The molecule has 0 aliphatic rings. The first-order chi connectivity index (χ1) is 8.76. The lowest BCUT2D eigenvalue weighted by atomic mass is 10.00. The summed E-state index contributed by atoms with van der Waals surface area (Å²) in [5.41, 5.74) is 12.1. The van der Waals surface area contributed by atoms with Gasteiger partial charge in [-0.1, -0.05) is 12.1 Å². The molecule has 19 heavy (non-hydrogen) atoms. The molecule has 5 nitrogen and oxygen atoms in total. The Labute approximate surface area is 113 Å². The Morgan fingerprint density at radius 1 is 1.21 bits per heavy atom. The number of anilines is 1. The molecule has 0 spiro atoms. The monoisotopic (exact) mass is 263 g/mol. The van der Waals surface area contributed by atoms with Gasteiger partial charge >= 0.3 is 0 Å². The molecule has 0 heterocycles. The molecule has 104 valence electrons. The van der Waals surface area contributed by atoms with Crippen molar-refractivity contribution in [1.29, 1.82) is 0 Å². The summed E-state index contributed by atoms with van der Waals surface area (Å²) in [5.74, 6) is -0.442. The fourth-order valence-corrected chi connectivity index (χ4v) is 1.57. The Hall–Kier alpha value is -1.88. The van der Waals surface area contributed by atoms with Crippen molar-refractivity contribution in [2.75, 3.05) is 5.32 Å². The van der Waals surface area contributed by atoms with E-state index in [1.807, 2.05) is 13.8 Å². The first kappa shape index (κ1) is 15.2. The van der Waals surface area contributed by atoms with E-state index in [9.17, 15) is 9.59 Å². The van der Waals surface area contributed by atoms with Crippen LogP contribution in [-0.4, -0.2) is 17.4 Å². The van der Waals surface area contributed by atoms with Gasteiger partial charge in [0.05, 0.1) is 6.42 Å². The third-order valence-electron chi connectivity index (χ3n) is 2.61. The predicted octanol–water partition coefficient (Wildman–Crippen LogP) is 1.17. The lowest BCUT2D eigenvalue weighted by molar-refractivity contribution is -0.117. The van der Waals surface area contributed by atoms with Gasteiger partial charge in [-0.05, 0) is 38.0 Å². The molecule has 5 N–H and O–H groups in total. The molecular formula is C14H21N3O2. The molecule has 0 saturated carbocycles. The highest BCUT2D eigenvalue weighted by Gasteiger charge is 2.13. The molecule has 0 bridgehead atoms. The van der Waals surface area contributed by atoms with Crippen molar-refractivity contribution < 1.29 is 9.59 Å². The van der Waals surface area contributed by atoms with Gasteiger partial charge in [0, 0.05) is 17.6 Å². The average Bonchev–Trinajstić information content (AvgIpc) is 2.28. The Bertz CT molecular complexity index is 447. The van der Waals surface area contributed by atoms with Crippen LogP contribution in [0.3, 0.4) is 0 Å². The maximum absolute atomic E-state index is 11.7. The lowest BCUT2D eigenvalue weighted by Crippen LogP contribution is -2.33. The highest BCUT2D eigenvalue weighted by molar-refractivity contribution is 5.90. The molecule has 2 amide bonds. The molecular weight excluding hydrogens is 242 g/mol. The first-order valence-corrected chi connectivity index (χ1v) is 6.22. The molecule has 1 aromatic rings. The van der Waals surface area contributed by atoms with Gasteiger partial charge in [-0.2, -0.15) is 0 Å². The molecule has 1 rings (SSSR count). The second-order valence-electron chi connectivity index (χ2n) is 5.38. The Balaban J connectivity index is 2.49. The number of nitrogens with two attached hydrogens (primary N) is 2. The summed E-state index contributed by atoms with van der Waals surface area (Å²) < 4.78 is 0. The van der Waals surface area contributed by atoms with E-state index in [1.54, 1.807) is 24.3 Å². The normalized spacial score (nSPS) is 11.1. The van der Waals surface area contributed by atoms with Crippen LogP contribution in [-0.2, 0) is 16.0 Å². The third-order valence-corrected chi connectivity index (χ3v) is 2.61. The average molecular weight is 263 g/mol. The summed E-state index contributed by atoms with van der Waals surface area (Å²) in [4.78, 5) is 22.4. The fraction of sp³-hybridized carbons (Fsp3) is 0.429. The van der Waals surface area contributed by atoms with Gasteiger partial charge in [-0.25, -0.2) is 0 Å². The van der Waals surface area contributed by atoms with Crippen LogP contribution in [0.1, 0.15) is 32.3 Å². The molecule has 0 aliphatic carbocycles. The Morgan fingerprint density at radius 2 is 1.79 bits per heavy atom. The van der Waals surface area contributed by atoms with Crippen molar-refractivity contribution in [3.63, 3.8) is 0 Å². The van der Waals surface area contributed by atoms with Gasteiger partial charge in [0.1, 0.15) is 0 Å². The number of hydrogen-bond acceptors (Lipinski definition) is 3. The van der Waals surface area contributed by atoms with Crippen LogP contribution in [0.5, 0.6) is 0 Å². The highest BCUT2D eigenvalue weighted by Crippen LogP contribution is 2.12. The number of amides is 2. The van der Waals surface area contributed by atoms with Crippen LogP contribution in [0.2, 0.25) is 0 Å². The van der Waals surface area contributed by atoms with Gasteiger partial charge in [0.25, 0.3) is 0 Å². The number of benzene rings is 1. The molecule has 0 fully saturated rings. The zero-order valence-corrected chi connectivity index (χ0v) is 11.4. The van der Waals surface area contributed by atoms with Gasteiger partial charge in [0.2, 0.25) is 11.8 Å². The molecule has 0 unspecified atom stereocenters. The van der Waals surface area contributed by atoms with E-state index in [1.165, 1.54) is 0 Å². The zero-order chi connectivity index (χ0) is 14.5. The summed E-state index contributed by atoms with van der Waals surface area (Å²) >= 11 is 0. The van der Waals surface area contributed by atoms with E-state index >= 15 is 0 Å². The first-order valence-electron chi connectivity index (χ1n) is 6.22. The second-order valence-corrected chi connectivity index (χ2v) is 5.38. The quantitative estimate of drug-likeness (QED) is 0.718. The third kappa shape index (κ3) is 6.57. The van der Waals surface area contributed by atoms with Gasteiger partial charge in [-0.15, -0.1) is 0 Å². The standard InChI is InChI=1S/C14H21N3O2/c1-14(2,16)8-7-13(19)17-11-5-3-10(4-6-11)9-12(15)18/h3-6H,7-9,16H2,1-2H3,(H2,15,18)(H,17,19). The summed E-state index contributed by atoms with van der Waals surface area (Å²) in [5, 5.41) is 2.78. The van der Waals surface area contributed by atoms with E-state index in [0.29, 0.717) is 18.5 Å². The number of rotatable bonds is 6. The van der Waals surface area contributed by atoms with Gasteiger partial charge in [-0.3, -0.25) is 9.59 Å². The van der Waals surface area contributed by atoms with Gasteiger partial charge in [0.15, 0.2) is 0 Å². The number of carbonyl (C=O) groups excluding carboxylic acids is 2. The van der Waals surface area contributed by atoms with E-state index in [4.69, 9.17) is 11.5 Å². The number of nitrogens with one attached hydrogen (secondary N) is 1. The molecule has 0 saturated heterocycles. The lowest BCUT2D eigenvalue weighted by Gasteiger charge is -2.17. The summed E-state index contributed by atoms with van der Waals surface area (Å²) in [6.45, 7) is 3.78. The number of hydrogen-bond donors (Lipinski definition) is 3. The van der Waals surface area contributed by atoms with Crippen molar-refractivity contribution in [3.05, 3.63) is 29.8 Å². The minimum atomic E-state index is -0.373. The van der Waals surface area contributed by atoms with Crippen molar-refractivity contribution in [3.8, 4) is 0 Å². The molecule has 0 radical (unpaired) electrons. The smallest absolute Gasteiger partial charge is 0.224 e. The molecule has 0 aliphatic heterocycles. The van der Waals surface area contributed by atoms with E-state index in [-0.39, 0.29) is 23.8 Å². The molecule has 0 atom stereocenters. The number of primary amides is 1. The van der Waals surface area contributed by atoms with Crippen molar-refractivity contribution >= 4 is 17.5 Å². The maximum Gasteiger partial charge on any atom is 0.224 e. The van der Waals surface area contributed by atoms with Crippen LogP contribution < -0.4 is 16.8 Å². The molecule has 1 aromatic carbocycles. The highest BCUT2D eigenvalue weighted by atomic mass is 16.1. The zero-order valence-electron chi connectivity index (χ0n) is 11.4. The topological polar surface area (TPSA) is 98.2 Å². The van der Waals surface area contributed by atoms with Gasteiger partial charge < -0.3 is 16.8 Å². The summed E-state index contributed by atoms with van der Waals surface area (Å²) in [6, 6.07) is 7.05. The minimum absolute atomic E-state index is 0.0684. The van der Waals surface area contributed by atoms with Crippen LogP contribution in [0, 0.1) is 0 Å². The summed E-state index contributed by atoms with van der Waals surface area (Å²) in [6.07, 6.45) is 1.21.